The van der Waals surface area contributed by atoms with Crippen molar-refractivity contribution in [3.63, 3.8) is 0 Å². The number of amides is 1. The summed E-state index contributed by atoms with van der Waals surface area (Å²) >= 11 is 0. The van der Waals surface area contributed by atoms with E-state index in [2.05, 4.69) is 10.4 Å². The molecule has 0 aliphatic rings. The molecule has 1 aromatic heterocycles. The number of hydrogen-bond donors (Lipinski definition) is 2. The summed E-state index contributed by atoms with van der Waals surface area (Å²) in [6.45, 7) is 7.73. The maximum atomic E-state index is 13.2. The summed E-state index contributed by atoms with van der Waals surface area (Å²) in [6.07, 6.45) is -0.676. The molecule has 0 aliphatic heterocycles. The molecule has 0 radical (unpaired) electrons. The lowest BCUT2D eigenvalue weighted by Crippen LogP contribution is -2.42. The van der Waals surface area contributed by atoms with Gasteiger partial charge in [-0.05, 0) is 18.8 Å². The van der Waals surface area contributed by atoms with Crippen molar-refractivity contribution in [2.24, 2.45) is 5.92 Å². The summed E-state index contributed by atoms with van der Waals surface area (Å²) in [5.74, 6) is -0.496. The highest BCUT2D eigenvalue weighted by molar-refractivity contribution is 5.95. The number of hydrogen-bond acceptors (Lipinski definition) is 3. The van der Waals surface area contributed by atoms with Crippen LogP contribution in [-0.4, -0.2) is 32.9 Å². The predicted octanol–water partition coefficient (Wildman–Crippen LogP) is 2.76. The minimum absolute atomic E-state index is 0.0247. The number of nitrogens with zero attached hydrogens (tertiary/aromatic N) is 2. The Labute approximate surface area is 129 Å². The van der Waals surface area contributed by atoms with Gasteiger partial charge in [0.25, 0.3) is 12.3 Å². The first-order chi connectivity index (χ1) is 10.2. The second-order valence-electron chi connectivity index (χ2n) is 5.93. The van der Waals surface area contributed by atoms with E-state index in [9.17, 15) is 18.7 Å². The van der Waals surface area contributed by atoms with Crippen LogP contribution in [0.25, 0.3) is 0 Å². The van der Waals surface area contributed by atoms with E-state index < -0.39 is 17.9 Å². The van der Waals surface area contributed by atoms with Gasteiger partial charge in [0.2, 0.25) is 0 Å². The third kappa shape index (κ3) is 4.50. The number of alkyl halides is 2. The van der Waals surface area contributed by atoms with E-state index in [1.807, 2.05) is 13.8 Å². The molecular formula is C15H25F2N3O2. The molecule has 1 aromatic rings. The highest BCUT2D eigenvalue weighted by Gasteiger charge is 2.27. The molecule has 2 N–H and O–H groups in total. The average molecular weight is 317 g/mol. The van der Waals surface area contributed by atoms with Gasteiger partial charge in [-0.1, -0.05) is 27.7 Å². The monoisotopic (exact) mass is 317 g/mol. The molecule has 0 spiro atoms. The van der Waals surface area contributed by atoms with Crippen molar-refractivity contribution >= 4 is 5.91 Å². The largest absolute Gasteiger partial charge is 0.388 e. The van der Waals surface area contributed by atoms with Crippen LogP contribution in [0.1, 0.15) is 63.0 Å². The first-order valence-electron chi connectivity index (χ1n) is 7.58. The van der Waals surface area contributed by atoms with Gasteiger partial charge >= 0.3 is 0 Å². The summed E-state index contributed by atoms with van der Waals surface area (Å²) in [7, 11) is 0. The molecule has 0 saturated carbocycles. The molecule has 7 heteroatoms. The standard InChI is InChI=1S/C15H25F2N3O2/c1-5-15(22,6-2)9-18-14(21)11-7-19-20(8-10(3)4)12(11)13(16)17/h7,10,13,22H,5-6,8-9H2,1-4H3,(H,18,21). The van der Waals surface area contributed by atoms with E-state index in [-0.39, 0.29) is 23.7 Å². The van der Waals surface area contributed by atoms with E-state index in [4.69, 9.17) is 0 Å². The van der Waals surface area contributed by atoms with E-state index in [0.717, 1.165) is 6.20 Å². The fourth-order valence-corrected chi connectivity index (χ4v) is 2.13. The topological polar surface area (TPSA) is 67.2 Å². The van der Waals surface area contributed by atoms with Crippen molar-refractivity contribution in [2.75, 3.05) is 6.54 Å². The van der Waals surface area contributed by atoms with Crippen LogP contribution in [0.2, 0.25) is 0 Å². The van der Waals surface area contributed by atoms with Gasteiger partial charge in [-0.2, -0.15) is 5.10 Å². The summed E-state index contributed by atoms with van der Waals surface area (Å²) in [4.78, 5) is 12.1. The number of rotatable bonds is 8. The van der Waals surface area contributed by atoms with Crippen LogP contribution in [0.5, 0.6) is 0 Å². The number of aromatic nitrogens is 2. The van der Waals surface area contributed by atoms with Gasteiger partial charge in [0.05, 0.1) is 17.4 Å². The number of carbonyl (C=O) groups excluding carboxylic acids is 1. The fraction of sp³-hybridized carbons (Fsp3) is 0.733. The van der Waals surface area contributed by atoms with Gasteiger partial charge < -0.3 is 10.4 Å². The Hall–Kier alpha value is -1.50. The van der Waals surface area contributed by atoms with Gasteiger partial charge in [-0.25, -0.2) is 8.78 Å². The molecule has 1 rings (SSSR count). The molecule has 126 valence electrons. The Morgan fingerprint density at radius 1 is 1.41 bits per heavy atom. The van der Waals surface area contributed by atoms with E-state index in [1.54, 1.807) is 13.8 Å². The predicted molar refractivity (Wildman–Crippen MR) is 79.9 cm³/mol. The normalized spacial score (nSPS) is 12.2. The maximum Gasteiger partial charge on any atom is 0.280 e. The zero-order chi connectivity index (χ0) is 16.9. The summed E-state index contributed by atoms with van der Waals surface area (Å²) < 4.78 is 27.7. The van der Waals surface area contributed by atoms with Crippen LogP contribution in [0.4, 0.5) is 8.78 Å². The van der Waals surface area contributed by atoms with Crippen molar-refractivity contribution in [1.29, 1.82) is 0 Å². The van der Waals surface area contributed by atoms with Gasteiger partial charge in [-0.15, -0.1) is 0 Å². The lowest BCUT2D eigenvalue weighted by Gasteiger charge is -2.25. The molecule has 0 saturated heterocycles. The molecule has 1 amide bonds. The van der Waals surface area contributed by atoms with Crippen molar-refractivity contribution in [3.8, 4) is 0 Å². The van der Waals surface area contributed by atoms with E-state index in [0.29, 0.717) is 19.4 Å². The molecule has 0 fully saturated rings. The Bertz CT molecular complexity index is 497. The number of nitrogens with one attached hydrogen (secondary N) is 1. The van der Waals surface area contributed by atoms with Crippen LogP contribution >= 0.6 is 0 Å². The smallest absolute Gasteiger partial charge is 0.280 e. The van der Waals surface area contributed by atoms with Crippen LogP contribution < -0.4 is 5.32 Å². The van der Waals surface area contributed by atoms with E-state index in [1.165, 1.54) is 4.68 Å². The first-order valence-corrected chi connectivity index (χ1v) is 7.58. The second kappa shape index (κ2) is 7.67. The SMILES string of the molecule is CCC(O)(CC)CNC(=O)c1cnn(CC(C)C)c1C(F)F. The number of halogens is 2. The molecular weight excluding hydrogens is 292 g/mol. The Kier molecular flexibility index (Phi) is 6.47. The molecule has 0 unspecified atom stereocenters. The van der Waals surface area contributed by atoms with Gasteiger partial charge in [0, 0.05) is 13.1 Å². The molecule has 0 aromatic carbocycles. The Morgan fingerprint density at radius 2 is 2.00 bits per heavy atom. The van der Waals surface area contributed by atoms with Crippen LogP contribution in [0.3, 0.4) is 0 Å². The van der Waals surface area contributed by atoms with Crippen molar-refractivity contribution in [1.82, 2.24) is 15.1 Å². The highest BCUT2D eigenvalue weighted by Crippen LogP contribution is 2.24. The lowest BCUT2D eigenvalue weighted by atomic mass is 9.97. The number of carbonyl (C=O) groups is 1. The maximum absolute atomic E-state index is 13.2. The van der Waals surface area contributed by atoms with Crippen molar-refractivity contribution in [3.05, 3.63) is 17.5 Å². The molecule has 5 nitrogen and oxygen atoms in total. The van der Waals surface area contributed by atoms with Crippen LogP contribution in [0, 0.1) is 5.92 Å². The molecule has 0 bridgehead atoms. The zero-order valence-corrected chi connectivity index (χ0v) is 13.6. The summed E-state index contributed by atoms with van der Waals surface area (Å²) in [5, 5.41) is 16.6. The summed E-state index contributed by atoms with van der Waals surface area (Å²) in [5.41, 5.74) is -1.53. The van der Waals surface area contributed by atoms with Crippen LogP contribution in [0.15, 0.2) is 6.20 Å². The van der Waals surface area contributed by atoms with Crippen molar-refractivity contribution < 1.29 is 18.7 Å². The van der Waals surface area contributed by atoms with Gasteiger partial charge in [0.1, 0.15) is 5.69 Å². The molecule has 22 heavy (non-hydrogen) atoms. The highest BCUT2D eigenvalue weighted by atomic mass is 19.3. The fourth-order valence-electron chi connectivity index (χ4n) is 2.13. The quantitative estimate of drug-likeness (QED) is 0.775. The number of aliphatic hydroxyl groups is 1. The second-order valence-corrected chi connectivity index (χ2v) is 5.93. The first kappa shape index (κ1) is 18.5. The van der Waals surface area contributed by atoms with Crippen LogP contribution in [-0.2, 0) is 6.54 Å². The van der Waals surface area contributed by atoms with E-state index >= 15 is 0 Å². The molecule has 0 aliphatic carbocycles. The van der Waals surface area contributed by atoms with Gasteiger partial charge in [-0.3, -0.25) is 9.48 Å². The summed E-state index contributed by atoms with van der Waals surface area (Å²) in [6, 6.07) is 0. The van der Waals surface area contributed by atoms with Crippen molar-refractivity contribution in [2.45, 2.75) is 59.1 Å². The average Bonchev–Trinajstić information content (AvgIpc) is 2.87. The third-order valence-corrected chi connectivity index (χ3v) is 3.76. The van der Waals surface area contributed by atoms with Gasteiger partial charge in [0.15, 0.2) is 0 Å². The third-order valence-electron chi connectivity index (χ3n) is 3.76. The molecule has 0 atom stereocenters. The zero-order valence-electron chi connectivity index (χ0n) is 13.6. The Balaban J connectivity index is 2.92. The minimum atomic E-state index is -2.78. The minimum Gasteiger partial charge on any atom is -0.388 e. The Morgan fingerprint density at radius 3 is 2.45 bits per heavy atom. The molecule has 1 heterocycles. The lowest BCUT2D eigenvalue weighted by molar-refractivity contribution is 0.0313.